The van der Waals surface area contributed by atoms with Gasteiger partial charge in [-0.25, -0.2) is 0 Å². The molecule has 0 saturated carbocycles. The van der Waals surface area contributed by atoms with Gasteiger partial charge in [0.05, 0.1) is 5.69 Å². The van der Waals surface area contributed by atoms with Crippen molar-refractivity contribution in [2.45, 2.75) is 37.8 Å². The van der Waals surface area contributed by atoms with E-state index in [-0.39, 0.29) is 5.91 Å². The fourth-order valence-electron chi connectivity index (χ4n) is 4.88. The summed E-state index contributed by atoms with van der Waals surface area (Å²) in [6.45, 7) is 5.63. The van der Waals surface area contributed by atoms with Crippen molar-refractivity contribution in [2.24, 2.45) is 0 Å². The number of pyridine rings is 2. The molecule has 0 saturated heterocycles. The van der Waals surface area contributed by atoms with E-state index < -0.39 is 11.0 Å². The van der Waals surface area contributed by atoms with E-state index in [0.29, 0.717) is 12.2 Å². The molecule has 0 aliphatic carbocycles. The predicted molar refractivity (Wildman–Crippen MR) is 140 cm³/mol. The van der Waals surface area contributed by atoms with Gasteiger partial charge in [-0.3, -0.25) is 14.8 Å². The molecular weight excluding hydrogens is 432 g/mol. The molecule has 4 rings (SSSR count). The zero-order chi connectivity index (χ0) is 24.6. The van der Waals surface area contributed by atoms with Gasteiger partial charge in [0.1, 0.15) is 5.69 Å². The van der Waals surface area contributed by atoms with Crippen molar-refractivity contribution in [1.82, 2.24) is 20.6 Å². The molecule has 178 valence electrons. The van der Waals surface area contributed by atoms with Gasteiger partial charge in [-0.2, -0.15) is 0 Å². The molecule has 2 aromatic carbocycles. The first-order valence-electron chi connectivity index (χ1n) is 12.0. The summed E-state index contributed by atoms with van der Waals surface area (Å²) in [5.74, 6) is -0.187. The number of hydrogen-bond donors (Lipinski definition) is 2. The Hall–Kier alpha value is -3.83. The van der Waals surface area contributed by atoms with Gasteiger partial charge in [-0.05, 0) is 62.2 Å². The number of carbonyl (C=O) groups excluding carboxylic acids is 1. The minimum absolute atomic E-state index is 0.187. The maximum Gasteiger partial charge on any atom is 0.270 e. The van der Waals surface area contributed by atoms with Crippen LogP contribution in [0.4, 0.5) is 0 Å². The lowest BCUT2D eigenvalue weighted by molar-refractivity contribution is 0.0864. The Balaban J connectivity index is 1.71. The monoisotopic (exact) mass is 464 g/mol. The molecule has 1 amide bonds. The van der Waals surface area contributed by atoms with Crippen molar-refractivity contribution in [3.8, 4) is 0 Å². The summed E-state index contributed by atoms with van der Waals surface area (Å²) in [5, 5.41) is 6.89. The van der Waals surface area contributed by atoms with Crippen molar-refractivity contribution in [3.05, 3.63) is 132 Å². The maximum absolute atomic E-state index is 13.3. The van der Waals surface area contributed by atoms with Crippen LogP contribution >= 0.6 is 0 Å². The average molecular weight is 465 g/mol. The molecule has 0 radical (unpaired) electrons. The Labute approximate surface area is 207 Å². The number of benzene rings is 2. The lowest BCUT2D eigenvalue weighted by Gasteiger charge is -2.48. The summed E-state index contributed by atoms with van der Waals surface area (Å²) >= 11 is 0. The summed E-state index contributed by atoms with van der Waals surface area (Å²) < 4.78 is 0. The largest absolute Gasteiger partial charge is 0.345 e. The van der Waals surface area contributed by atoms with Crippen LogP contribution < -0.4 is 10.6 Å². The van der Waals surface area contributed by atoms with Crippen molar-refractivity contribution >= 4 is 5.91 Å². The number of hydrogen-bond acceptors (Lipinski definition) is 4. The van der Waals surface area contributed by atoms with E-state index in [2.05, 4.69) is 83.0 Å². The highest BCUT2D eigenvalue weighted by molar-refractivity contribution is 5.92. The molecule has 0 aliphatic heterocycles. The molecular formula is C30H32N4O. The third-order valence-electron chi connectivity index (χ3n) is 6.63. The standard InChI is InChI=1S/C30H32N4O/c1-29(2,34-28(35)27-18-10-12-21-33-27)30(24-13-5-3-6-14-24,25-15-7-4-8-16-25)19-22-31-23-26-17-9-11-20-32-26/h3-18,20-21,31H,19,22-23H2,1-2H3,(H,34,35). The van der Waals surface area contributed by atoms with Gasteiger partial charge in [0.2, 0.25) is 0 Å². The summed E-state index contributed by atoms with van der Waals surface area (Å²) in [5.41, 5.74) is 2.56. The molecule has 0 aliphatic rings. The SMILES string of the molecule is CC(C)(NC(=O)c1ccccn1)C(CCNCc1ccccn1)(c1ccccc1)c1ccccc1. The van der Waals surface area contributed by atoms with Gasteiger partial charge < -0.3 is 10.6 Å². The molecule has 5 heteroatoms. The topological polar surface area (TPSA) is 66.9 Å². The second kappa shape index (κ2) is 11.1. The molecule has 2 heterocycles. The predicted octanol–water partition coefficient (Wildman–Crippen LogP) is 5.15. The zero-order valence-electron chi connectivity index (χ0n) is 20.3. The van der Waals surface area contributed by atoms with Crippen LogP contribution in [-0.2, 0) is 12.0 Å². The summed E-state index contributed by atoms with van der Waals surface area (Å²) in [6.07, 6.45) is 4.22. The van der Waals surface area contributed by atoms with Crippen LogP contribution in [-0.4, -0.2) is 28.0 Å². The van der Waals surface area contributed by atoms with Crippen LogP contribution in [0.1, 0.15) is 47.6 Å². The third-order valence-corrected chi connectivity index (χ3v) is 6.63. The van der Waals surface area contributed by atoms with Gasteiger partial charge in [0.15, 0.2) is 0 Å². The quantitative estimate of drug-likeness (QED) is 0.319. The molecule has 0 fully saturated rings. The second-order valence-corrected chi connectivity index (χ2v) is 9.18. The first-order valence-corrected chi connectivity index (χ1v) is 12.0. The molecule has 0 atom stereocenters. The van der Waals surface area contributed by atoms with Crippen LogP contribution in [0.2, 0.25) is 0 Å². The number of rotatable bonds is 10. The van der Waals surface area contributed by atoms with Crippen molar-refractivity contribution in [2.75, 3.05) is 6.54 Å². The summed E-state index contributed by atoms with van der Waals surface area (Å²) in [7, 11) is 0. The fourth-order valence-corrected chi connectivity index (χ4v) is 4.88. The number of nitrogens with zero attached hydrogens (tertiary/aromatic N) is 2. The molecule has 0 spiro atoms. The third kappa shape index (κ3) is 5.47. The van der Waals surface area contributed by atoms with Crippen LogP contribution in [0.3, 0.4) is 0 Å². The van der Waals surface area contributed by atoms with E-state index in [9.17, 15) is 4.79 Å². The highest BCUT2D eigenvalue weighted by atomic mass is 16.2. The number of aromatic nitrogens is 2. The summed E-state index contributed by atoms with van der Waals surface area (Å²) in [6, 6.07) is 32.2. The molecule has 4 aromatic rings. The van der Waals surface area contributed by atoms with Gasteiger partial charge >= 0.3 is 0 Å². The van der Waals surface area contributed by atoms with Crippen LogP contribution in [0.15, 0.2) is 109 Å². The highest BCUT2D eigenvalue weighted by Gasteiger charge is 2.48. The van der Waals surface area contributed by atoms with Crippen LogP contribution in [0, 0.1) is 0 Å². The van der Waals surface area contributed by atoms with E-state index in [1.54, 1.807) is 12.3 Å². The Bertz CT molecular complexity index is 1160. The van der Waals surface area contributed by atoms with E-state index in [4.69, 9.17) is 0 Å². The smallest absolute Gasteiger partial charge is 0.270 e. The van der Waals surface area contributed by atoms with Gasteiger partial charge in [0, 0.05) is 29.9 Å². The number of amides is 1. The van der Waals surface area contributed by atoms with Crippen LogP contribution in [0.5, 0.6) is 0 Å². The van der Waals surface area contributed by atoms with Gasteiger partial charge in [-0.15, -0.1) is 0 Å². The Morgan fingerprint density at radius 1 is 0.743 bits per heavy atom. The molecule has 2 aromatic heterocycles. The molecule has 5 nitrogen and oxygen atoms in total. The lowest BCUT2D eigenvalue weighted by Crippen LogP contribution is -2.60. The molecule has 0 unspecified atom stereocenters. The number of nitrogens with one attached hydrogen (secondary N) is 2. The first kappa shape index (κ1) is 24.3. The second-order valence-electron chi connectivity index (χ2n) is 9.18. The maximum atomic E-state index is 13.3. The molecule has 0 bridgehead atoms. The van der Waals surface area contributed by atoms with E-state index in [1.165, 1.54) is 0 Å². The fraction of sp³-hybridized carbons (Fsp3) is 0.233. The average Bonchev–Trinajstić information content (AvgIpc) is 2.90. The van der Waals surface area contributed by atoms with E-state index in [1.807, 2.05) is 48.7 Å². The van der Waals surface area contributed by atoms with Crippen molar-refractivity contribution in [3.63, 3.8) is 0 Å². The van der Waals surface area contributed by atoms with Crippen molar-refractivity contribution in [1.29, 1.82) is 0 Å². The summed E-state index contributed by atoms with van der Waals surface area (Å²) in [4.78, 5) is 22.0. The van der Waals surface area contributed by atoms with Crippen LogP contribution in [0.25, 0.3) is 0 Å². The normalized spacial score (nSPS) is 11.7. The zero-order valence-corrected chi connectivity index (χ0v) is 20.3. The minimum atomic E-state index is -0.642. The Morgan fingerprint density at radius 2 is 1.31 bits per heavy atom. The highest BCUT2D eigenvalue weighted by Crippen LogP contribution is 2.44. The molecule has 2 N–H and O–H groups in total. The molecule has 35 heavy (non-hydrogen) atoms. The Kier molecular flexibility index (Phi) is 7.68. The van der Waals surface area contributed by atoms with Crippen molar-refractivity contribution < 1.29 is 4.79 Å². The Morgan fingerprint density at radius 3 is 1.86 bits per heavy atom. The lowest BCUT2D eigenvalue weighted by atomic mass is 9.60. The van der Waals surface area contributed by atoms with Gasteiger partial charge in [-0.1, -0.05) is 72.8 Å². The first-order chi connectivity index (χ1) is 17.0. The van der Waals surface area contributed by atoms with E-state index in [0.717, 1.165) is 29.8 Å². The number of carbonyl (C=O) groups is 1. The van der Waals surface area contributed by atoms with E-state index >= 15 is 0 Å². The minimum Gasteiger partial charge on any atom is -0.345 e. The van der Waals surface area contributed by atoms with Gasteiger partial charge in [0.25, 0.3) is 5.91 Å².